The molecule has 14 heavy (non-hydrogen) atoms. The number of rotatable bonds is 3. The minimum absolute atomic E-state index is 0.0835. The molecule has 0 spiro atoms. The first-order valence-electron chi connectivity index (χ1n) is 5.82. The maximum Gasteiger partial charge on any atom is 0.0771 e. The molecule has 0 aliphatic heterocycles. The lowest BCUT2D eigenvalue weighted by Crippen LogP contribution is -2.49. The fourth-order valence-corrected chi connectivity index (χ4v) is 2.38. The first-order chi connectivity index (χ1) is 6.68. The summed E-state index contributed by atoms with van der Waals surface area (Å²) < 4.78 is 0. The van der Waals surface area contributed by atoms with Crippen molar-refractivity contribution < 1.29 is 10.2 Å². The summed E-state index contributed by atoms with van der Waals surface area (Å²) in [5.41, 5.74) is -0.407. The number of nitrogens with one attached hydrogen (secondary N) is 1. The van der Waals surface area contributed by atoms with Crippen LogP contribution in [0.4, 0.5) is 0 Å². The van der Waals surface area contributed by atoms with E-state index in [9.17, 15) is 10.2 Å². The topological polar surface area (TPSA) is 52.5 Å². The minimum atomic E-state index is -0.407. The van der Waals surface area contributed by atoms with Crippen LogP contribution in [0.1, 0.15) is 44.9 Å². The van der Waals surface area contributed by atoms with E-state index in [1.165, 1.54) is 6.42 Å². The Kier molecular flexibility index (Phi) is 3.10. The summed E-state index contributed by atoms with van der Waals surface area (Å²) in [6.45, 7) is 0.744. The van der Waals surface area contributed by atoms with Gasteiger partial charge < -0.3 is 15.5 Å². The van der Waals surface area contributed by atoms with Crippen LogP contribution < -0.4 is 5.32 Å². The van der Waals surface area contributed by atoms with E-state index >= 15 is 0 Å². The maximum atomic E-state index is 9.88. The summed E-state index contributed by atoms with van der Waals surface area (Å²) in [7, 11) is 0. The SMILES string of the molecule is OC1CCC(NCC2(O)CCC2)CC1. The van der Waals surface area contributed by atoms with Crippen molar-refractivity contribution in [1.29, 1.82) is 0 Å². The highest BCUT2D eigenvalue weighted by atomic mass is 16.3. The summed E-state index contributed by atoms with van der Waals surface area (Å²) >= 11 is 0. The molecule has 3 nitrogen and oxygen atoms in total. The largest absolute Gasteiger partial charge is 0.393 e. The van der Waals surface area contributed by atoms with E-state index in [1.807, 2.05) is 0 Å². The van der Waals surface area contributed by atoms with Gasteiger partial charge in [0, 0.05) is 12.6 Å². The van der Waals surface area contributed by atoms with Crippen molar-refractivity contribution in [3.63, 3.8) is 0 Å². The van der Waals surface area contributed by atoms with Crippen LogP contribution in [0.2, 0.25) is 0 Å². The third kappa shape index (κ3) is 2.47. The predicted octanol–water partition coefficient (Wildman–Crippen LogP) is 0.794. The molecule has 2 aliphatic carbocycles. The average Bonchev–Trinajstić information content (AvgIpc) is 2.14. The van der Waals surface area contributed by atoms with Gasteiger partial charge in [-0.1, -0.05) is 0 Å². The second-order valence-corrected chi connectivity index (χ2v) is 4.96. The number of hydrogen-bond acceptors (Lipinski definition) is 3. The molecule has 3 heteroatoms. The first kappa shape index (κ1) is 10.4. The molecule has 2 aliphatic rings. The van der Waals surface area contributed by atoms with Crippen molar-refractivity contribution in [1.82, 2.24) is 5.32 Å². The second-order valence-electron chi connectivity index (χ2n) is 4.96. The minimum Gasteiger partial charge on any atom is -0.393 e. The molecular formula is C11H21NO2. The van der Waals surface area contributed by atoms with Crippen molar-refractivity contribution in [2.75, 3.05) is 6.54 Å². The third-order valence-electron chi connectivity index (χ3n) is 3.70. The van der Waals surface area contributed by atoms with E-state index in [-0.39, 0.29) is 6.10 Å². The zero-order chi connectivity index (χ0) is 10.0. The fraction of sp³-hybridized carbons (Fsp3) is 1.00. The van der Waals surface area contributed by atoms with E-state index in [0.717, 1.165) is 45.1 Å². The van der Waals surface area contributed by atoms with Gasteiger partial charge in [-0.25, -0.2) is 0 Å². The molecular weight excluding hydrogens is 178 g/mol. The molecule has 2 rings (SSSR count). The first-order valence-corrected chi connectivity index (χ1v) is 5.82. The summed E-state index contributed by atoms with van der Waals surface area (Å²) in [6, 6.07) is 0.517. The smallest absolute Gasteiger partial charge is 0.0771 e. The van der Waals surface area contributed by atoms with Gasteiger partial charge in [-0.05, 0) is 44.9 Å². The lowest BCUT2D eigenvalue weighted by molar-refractivity contribution is -0.0348. The molecule has 0 aromatic heterocycles. The van der Waals surface area contributed by atoms with Crippen molar-refractivity contribution in [2.45, 2.75) is 62.7 Å². The van der Waals surface area contributed by atoms with Gasteiger partial charge in [0.25, 0.3) is 0 Å². The molecule has 2 saturated carbocycles. The fourth-order valence-electron chi connectivity index (χ4n) is 2.38. The standard InChI is InChI=1S/C11H21NO2/c13-10-4-2-9(3-5-10)12-8-11(14)6-1-7-11/h9-10,12-14H,1-8H2. The van der Waals surface area contributed by atoms with Crippen LogP contribution in [0.3, 0.4) is 0 Å². The molecule has 0 aromatic carbocycles. The Hall–Kier alpha value is -0.120. The summed E-state index contributed by atoms with van der Waals surface area (Å²) in [5.74, 6) is 0. The van der Waals surface area contributed by atoms with E-state index in [1.54, 1.807) is 0 Å². The van der Waals surface area contributed by atoms with Crippen molar-refractivity contribution in [3.05, 3.63) is 0 Å². The van der Waals surface area contributed by atoms with Crippen LogP contribution in [0.5, 0.6) is 0 Å². The maximum absolute atomic E-state index is 9.88. The Bertz CT molecular complexity index is 184. The molecule has 0 heterocycles. The molecule has 0 atom stereocenters. The highest BCUT2D eigenvalue weighted by Crippen LogP contribution is 2.31. The normalized spacial score (nSPS) is 36.4. The molecule has 0 amide bonds. The van der Waals surface area contributed by atoms with Gasteiger partial charge in [0.15, 0.2) is 0 Å². The Morgan fingerprint density at radius 2 is 1.79 bits per heavy atom. The molecule has 3 N–H and O–H groups in total. The Morgan fingerprint density at radius 3 is 2.29 bits per heavy atom. The summed E-state index contributed by atoms with van der Waals surface area (Å²) in [5, 5.41) is 22.6. The average molecular weight is 199 g/mol. The quantitative estimate of drug-likeness (QED) is 0.630. The number of aliphatic hydroxyl groups is 2. The van der Waals surface area contributed by atoms with Gasteiger partial charge in [-0.2, -0.15) is 0 Å². The van der Waals surface area contributed by atoms with Crippen LogP contribution >= 0.6 is 0 Å². The number of hydrogen-bond donors (Lipinski definition) is 3. The highest BCUT2D eigenvalue weighted by Gasteiger charge is 2.34. The molecule has 0 aromatic rings. The van der Waals surface area contributed by atoms with Gasteiger partial charge in [-0.15, -0.1) is 0 Å². The zero-order valence-corrected chi connectivity index (χ0v) is 8.71. The predicted molar refractivity (Wildman–Crippen MR) is 55.1 cm³/mol. The lowest BCUT2D eigenvalue weighted by Gasteiger charge is -2.38. The van der Waals surface area contributed by atoms with E-state index in [4.69, 9.17) is 0 Å². The molecule has 0 radical (unpaired) electrons. The second kappa shape index (κ2) is 4.17. The molecule has 0 saturated heterocycles. The third-order valence-corrected chi connectivity index (χ3v) is 3.70. The van der Waals surface area contributed by atoms with Crippen LogP contribution in [-0.4, -0.2) is 34.5 Å². The van der Waals surface area contributed by atoms with E-state index in [2.05, 4.69) is 5.32 Å². The van der Waals surface area contributed by atoms with Crippen LogP contribution in [0, 0.1) is 0 Å². The van der Waals surface area contributed by atoms with Crippen LogP contribution in [0.15, 0.2) is 0 Å². The Morgan fingerprint density at radius 1 is 1.14 bits per heavy atom. The lowest BCUT2D eigenvalue weighted by atomic mass is 9.80. The van der Waals surface area contributed by atoms with Crippen molar-refractivity contribution in [3.8, 4) is 0 Å². The van der Waals surface area contributed by atoms with E-state index < -0.39 is 5.60 Å². The van der Waals surface area contributed by atoms with Crippen LogP contribution in [-0.2, 0) is 0 Å². The summed E-state index contributed by atoms with van der Waals surface area (Å²) in [4.78, 5) is 0. The van der Waals surface area contributed by atoms with Gasteiger partial charge in [0.05, 0.1) is 11.7 Å². The Balaban J connectivity index is 1.65. The number of aliphatic hydroxyl groups excluding tert-OH is 1. The highest BCUT2D eigenvalue weighted by molar-refractivity contribution is 4.91. The molecule has 0 unspecified atom stereocenters. The monoisotopic (exact) mass is 199 g/mol. The Labute approximate surface area is 85.5 Å². The summed E-state index contributed by atoms with van der Waals surface area (Å²) in [6.07, 6.45) is 6.92. The molecule has 82 valence electrons. The van der Waals surface area contributed by atoms with Gasteiger partial charge in [-0.3, -0.25) is 0 Å². The molecule has 0 bridgehead atoms. The van der Waals surface area contributed by atoms with Gasteiger partial charge in [0.1, 0.15) is 0 Å². The van der Waals surface area contributed by atoms with Crippen molar-refractivity contribution in [2.24, 2.45) is 0 Å². The zero-order valence-electron chi connectivity index (χ0n) is 8.71. The van der Waals surface area contributed by atoms with Crippen molar-refractivity contribution >= 4 is 0 Å². The van der Waals surface area contributed by atoms with E-state index in [0.29, 0.717) is 6.04 Å². The van der Waals surface area contributed by atoms with Gasteiger partial charge in [0.2, 0.25) is 0 Å². The van der Waals surface area contributed by atoms with Crippen LogP contribution in [0.25, 0.3) is 0 Å². The van der Waals surface area contributed by atoms with Gasteiger partial charge >= 0.3 is 0 Å². The molecule has 2 fully saturated rings.